The average Bonchev–Trinajstić information content (AvgIpc) is 3.53. The van der Waals surface area contributed by atoms with E-state index in [4.69, 9.17) is 11.3 Å². The van der Waals surface area contributed by atoms with Crippen LogP contribution in [0.4, 0.5) is 0 Å². The van der Waals surface area contributed by atoms with Gasteiger partial charge in [0.05, 0.1) is 5.76 Å². The van der Waals surface area contributed by atoms with Crippen LogP contribution in [0.3, 0.4) is 0 Å². The van der Waals surface area contributed by atoms with E-state index in [1.807, 2.05) is 96.1 Å². The minimum absolute atomic E-state index is 0. The molecule has 0 aliphatic rings. The van der Waals surface area contributed by atoms with Crippen LogP contribution in [-0.2, 0) is 36.7 Å². The summed E-state index contributed by atoms with van der Waals surface area (Å²) in [5.74, 6) is 0.0276. The number of hydrogen-bond donors (Lipinski definition) is 1. The molecular formula is C46H55IrN2O3-. The number of aryl methyl sites for hydroxylation is 1. The standard InChI is InChI=1S/C33H31N2O.C13H24O2.Ir/c1-19(2)15-21-11-12-22-13-14-26-29-30(34-20(3)35-32(29)36-31(26)27(22)16-21)24-17-23-9-7-8-10-25(23)28(18-24)33(4,5)6;1-5-10(6-2)12(14)9-13(15)11(7-3)8-4;/h7-14,16,18-19H,15H2,1-6H3;9-11,14H,5-8H2,1-4H3;/q-1;;/b;12-9-;/i3D3,15D2;;. The smallest absolute Gasteiger partial charge is 0.223 e. The summed E-state index contributed by atoms with van der Waals surface area (Å²) in [6.45, 7) is 15.7. The first-order chi connectivity index (χ1) is 26.3. The van der Waals surface area contributed by atoms with Gasteiger partial charge in [0.2, 0.25) is 5.71 Å². The zero-order chi connectivity index (χ0) is 41.3. The number of carbonyl (C=O) groups is 1. The van der Waals surface area contributed by atoms with Crippen LogP contribution in [0, 0.1) is 30.7 Å². The van der Waals surface area contributed by atoms with Gasteiger partial charge in [-0.15, -0.1) is 29.1 Å². The maximum atomic E-state index is 11.7. The third-order valence-electron chi connectivity index (χ3n) is 9.69. The van der Waals surface area contributed by atoms with E-state index < -0.39 is 13.2 Å². The van der Waals surface area contributed by atoms with Crippen molar-refractivity contribution < 1.29 is 41.3 Å². The average molecular weight is 881 g/mol. The Balaban J connectivity index is 0.000000385. The van der Waals surface area contributed by atoms with Crippen LogP contribution in [-0.4, -0.2) is 20.9 Å². The van der Waals surface area contributed by atoms with Crippen molar-refractivity contribution in [2.24, 2.45) is 17.8 Å². The number of ketones is 1. The van der Waals surface area contributed by atoms with E-state index in [-0.39, 0.29) is 66.4 Å². The van der Waals surface area contributed by atoms with Crippen molar-refractivity contribution in [3.63, 3.8) is 0 Å². The maximum absolute atomic E-state index is 11.7. The fraction of sp³-hybridized carbons (Fsp3) is 0.413. The molecule has 2 heterocycles. The summed E-state index contributed by atoms with van der Waals surface area (Å²) in [7, 11) is 0. The Morgan fingerprint density at radius 1 is 0.923 bits per heavy atom. The monoisotopic (exact) mass is 881 g/mol. The number of rotatable bonds is 10. The molecule has 6 heteroatoms. The topological polar surface area (TPSA) is 76.2 Å². The Labute approximate surface area is 330 Å². The van der Waals surface area contributed by atoms with Gasteiger partial charge in [-0.3, -0.25) is 9.78 Å². The number of furan rings is 1. The molecule has 0 amide bonds. The van der Waals surface area contributed by atoms with Gasteiger partial charge in [0.25, 0.3) is 0 Å². The van der Waals surface area contributed by atoms with Gasteiger partial charge in [-0.2, -0.15) is 4.98 Å². The van der Waals surface area contributed by atoms with Gasteiger partial charge < -0.3 is 9.52 Å². The van der Waals surface area contributed by atoms with E-state index in [2.05, 4.69) is 42.9 Å². The molecule has 0 fully saturated rings. The molecule has 0 bridgehead atoms. The van der Waals surface area contributed by atoms with E-state index in [0.717, 1.165) is 58.2 Å². The van der Waals surface area contributed by atoms with Crippen LogP contribution < -0.4 is 0 Å². The van der Waals surface area contributed by atoms with E-state index in [0.29, 0.717) is 27.8 Å². The van der Waals surface area contributed by atoms with E-state index in [1.165, 1.54) is 6.08 Å². The summed E-state index contributed by atoms with van der Waals surface area (Å²) in [6, 6.07) is 23.0. The minimum atomic E-state index is -2.55. The first kappa shape index (κ1) is 33.9. The molecule has 0 unspecified atom stereocenters. The molecule has 0 aliphatic heterocycles. The molecule has 0 aliphatic carbocycles. The molecule has 0 spiro atoms. The van der Waals surface area contributed by atoms with Gasteiger partial charge in [0.15, 0.2) is 5.78 Å². The van der Waals surface area contributed by atoms with Crippen LogP contribution in [0.5, 0.6) is 0 Å². The number of nitrogens with zero attached hydrogens (tertiary/aromatic N) is 2. The van der Waals surface area contributed by atoms with Gasteiger partial charge in [-0.05, 0) is 67.3 Å². The quantitative estimate of drug-likeness (QED) is 0.0843. The third-order valence-corrected chi connectivity index (χ3v) is 9.69. The molecule has 1 N–H and O–H groups in total. The predicted octanol–water partition coefficient (Wildman–Crippen LogP) is 12.8. The third kappa shape index (κ3) is 8.84. The van der Waals surface area contributed by atoms with E-state index >= 15 is 0 Å². The van der Waals surface area contributed by atoms with Gasteiger partial charge in [-0.1, -0.05) is 116 Å². The molecule has 0 saturated carbocycles. The molecule has 52 heavy (non-hydrogen) atoms. The Bertz CT molecular complexity index is 2400. The summed E-state index contributed by atoms with van der Waals surface area (Å²) < 4.78 is 47.9. The predicted molar refractivity (Wildman–Crippen MR) is 214 cm³/mol. The number of hydrogen-bond acceptors (Lipinski definition) is 5. The van der Waals surface area contributed by atoms with Crippen LogP contribution in [0.2, 0.25) is 0 Å². The van der Waals surface area contributed by atoms with Crippen LogP contribution >= 0.6 is 0 Å². The van der Waals surface area contributed by atoms with Crippen molar-refractivity contribution in [3.8, 4) is 11.3 Å². The number of aliphatic hydroxyl groups is 1. The van der Waals surface area contributed by atoms with Crippen LogP contribution in [0.1, 0.15) is 112 Å². The van der Waals surface area contributed by atoms with Crippen molar-refractivity contribution in [2.45, 2.75) is 107 Å². The molecule has 0 saturated heterocycles. The molecular weight excluding hydrogens is 821 g/mol. The molecule has 2 aromatic heterocycles. The second-order valence-electron chi connectivity index (χ2n) is 14.7. The molecule has 6 aromatic rings. The van der Waals surface area contributed by atoms with Crippen molar-refractivity contribution >= 4 is 49.4 Å². The van der Waals surface area contributed by atoms with Crippen molar-refractivity contribution in [1.82, 2.24) is 9.97 Å². The van der Waals surface area contributed by atoms with E-state index in [9.17, 15) is 9.90 Å². The number of aliphatic hydroxyl groups excluding tert-OH is 1. The fourth-order valence-electron chi connectivity index (χ4n) is 6.83. The molecule has 0 atom stereocenters. The number of aromatic nitrogens is 2. The molecule has 4 aromatic carbocycles. The summed E-state index contributed by atoms with van der Waals surface area (Å²) in [4.78, 5) is 20.7. The maximum Gasteiger partial charge on any atom is 0.223 e. The second-order valence-corrected chi connectivity index (χ2v) is 14.7. The second kappa shape index (κ2) is 17.3. The zero-order valence-electron chi connectivity index (χ0n) is 36.9. The molecule has 277 valence electrons. The van der Waals surface area contributed by atoms with Gasteiger partial charge in [-0.25, -0.2) is 0 Å². The Morgan fingerprint density at radius 2 is 1.60 bits per heavy atom. The number of fused-ring (bicyclic) bond motifs is 6. The zero-order valence-corrected chi connectivity index (χ0v) is 34.3. The van der Waals surface area contributed by atoms with E-state index in [1.54, 1.807) is 0 Å². The van der Waals surface area contributed by atoms with Crippen molar-refractivity contribution in [2.75, 3.05) is 0 Å². The van der Waals surface area contributed by atoms with Gasteiger partial charge in [0, 0.05) is 66.7 Å². The first-order valence-electron chi connectivity index (χ1n) is 20.8. The summed E-state index contributed by atoms with van der Waals surface area (Å²) >= 11 is 0. The normalized spacial score (nSPS) is 14.2. The summed E-state index contributed by atoms with van der Waals surface area (Å²) in [5, 5.41) is 14.7. The van der Waals surface area contributed by atoms with Gasteiger partial charge in [0.1, 0.15) is 11.4 Å². The largest absolute Gasteiger partial charge is 0.512 e. The first-order valence-corrected chi connectivity index (χ1v) is 18.3. The summed E-state index contributed by atoms with van der Waals surface area (Å²) in [6.07, 6.45) is 3.37. The summed E-state index contributed by atoms with van der Waals surface area (Å²) in [5.41, 5.74) is 3.28. The number of allylic oxidation sites excluding steroid dienone is 2. The SMILES string of the molecule is CCC(CC)C(=O)/C=C(\O)C(CC)CC.[2H]C([2H])([2H])c1nc(-c2[c-]c3ccccc3c(C(C)(C)C)c2)c2c(n1)oc1c3cc(C([2H])([2H])C(C)C)ccc3ccc12.[Ir]. The Kier molecular flexibility index (Phi) is 11.3. The number of benzene rings is 4. The Morgan fingerprint density at radius 3 is 2.23 bits per heavy atom. The van der Waals surface area contributed by atoms with Crippen LogP contribution in [0.15, 0.2) is 76.9 Å². The van der Waals surface area contributed by atoms with Gasteiger partial charge >= 0.3 is 0 Å². The van der Waals surface area contributed by atoms with Crippen LogP contribution in [0.25, 0.3) is 54.9 Å². The van der Waals surface area contributed by atoms with Crippen molar-refractivity contribution in [3.05, 3.63) is 95.5 Å². The van der Waals surface area contributed by atoms with Crippen molar-refractivity contribution in [1.29, 1.82) is 0 Å². The molecule has 6 rings (SSSR count). The molecule has 5 nitrogen and oxygen atoms in total. The number of carbonyl (C=O) groups excluding carboxylic acids is 1. The fourth-order valence-corrected chi connectivity index (χ4v) is 6.83. The molecule has 1 radical (unpaired) electrons. The Hall–Kier alpha value is -3.86. The minimum Gasteiger partial charge on any atom is -0.512 e.